The Labute approximate surface area is 189 Å². The molecule has 0 bridgehead atoms. The van der Waals surface area contributed by atoms with Gasteiger partial charge in [0, 0.05) is 11.8 Å². The van der Waals surface area contributed by atoms with Gasteiger partial charge in [-0.1, -0.05) is 5.22 Å². The van der Waals surface area contributed by atoms with Crippen LogP contribution in [0.25, 0.3) is 0 Å². The van der Waals surface area contributed by atoms with Crippen LogP contribution in [0, 0.1) is 0 Å². The second-order valence-electron chi connectivity index (χ2n) is 7.25. The minimum absolute atomic E-state index is 0.255. The molecule has 2 atom stereocenters. The molecule has 1 fully saturated rings. The van der Waals surface area contributed by atoms with E-state index in [1.807, 2.05) is 6.92 Å². The van der Waals surface area contributed by atoms with Crippen molar-refractivity contribution in [3.8, 4) is 17.2 Å². The number of ether oxygens (including phenoxy) is 3. The zero-order valence-corrected chi connectivity index (χ0v) is 18.3. The highest BCUT2D eigenvalue weighted by Gasteiger charge is 2.55. The van der Waals surface area contributed by atoms with Gasteiger partial charge >= 0.3 is 0 Å². The van der Waals surface area contributed by atoms with Crippen LogP contribution in [-0.2, 0) is 14.4 Å². The number of nitrogens with zero attached hydrogens (tertiary/aromatic N) is 4. The average Bonchev–Trinajstić information content (AvgIpc) is 3.33. The molecule has 2 aliphatic heterocycles. The van der Waals surface area contributed by atoms with Gasteiger partial charge in [0.05, 0.1) is 26.5 Å². The zero-order chi connectivity index (χ0) is 23.5. The molecule has 1 saturated heterocycles. The van der Waals surface area contributed by atoms with Crippen molar-refractivity contribution >= 4 is 29.1 Å². The van der Waals surface area contributed by atoms with Crippen LogP contribution in [0.3, 0.4) is 0 Å². The van der Waals surface area contributed by atoms with Gasteiger partial charge in [0.25, 0.3) is 11.8 Å². The van der Waals surface area contributed by atoms with Crippen LogP contribution in [0.5, 0.6) is 17.2 Å². The molecule has 11 nitrogen and oxygen atoms in total. The molecule has 0 aliphatic carbocycles. The molecule has 0 aromatic heterocycles. The van der Waals surface area contributed by atoms with Gasteiger partial charge in [0.15, 0.2) is 23.6 Å². The summed E-state index contributed by atoms with van der Waals surface area (Å²) < 4.78 is 15.8. The summed E-state index contributed by atoms with van der Waals surface area (Å²) in [5.41, 5.74) is 0.892. The first-order chi connectivity index (χ1) is 16.0. The first kappa shape index (κ1) is 22.1. The summed E-state index contributed by atoms with van der Waals surface area (Å²) in [5, 5.41) is 11.8. The minimum atomic E-state index is -0.988. The largest absolute Gasteiger partial charge is 0.494 e. The number of methoxy groups -OCH3 is 2. The Morgan fingerprint density at radius 3 is 2.42 bits per heavy atom. The topological polar surface area (TPSA) is 122 Å². The van der Waals surface area contributed by atoms with E-state index in [0.29, 0.717) is 35.2 Å². The van der Waals surface area contributed by atoms with Crippen LogP contribution in [0.1, 0.15) is 6.92 Å². The summed E-state index contributed by atoms with van der Waals surface area (Å²) in [7, 11) is 3.01. The third-order valence-electron chi connectivity index (χ3n) is 5.24. The summed E-state index contributed by atoms with van der Waals surface area (Å²) in [4.78, 5) is 39.6. The maximum atomic E-state index is 13.1. The smallest absolute Gasteiger partial charge is 0.263 e. The second-order valence-corrected chi connectivity index (χ2v) is 7.25. The fourth-order valence-electron chi connectivity index (χ4n) is 3.73. The fourth-order valence-corrected chi connectivity index (χ4v) is 3.73. The monoisotopic (exact) mass is 453 g/mol. The van der Waals surface area contributed by atoms with Crippen LogP contribution in [0.4, 0.5) is 11.4 Å². The van der Waals surface area contributed by atoms with E-state index in [1.165, 1.54) is 19.2 Å². The number of rotatable bonds is 8. The lowest BCUT2D eigenvalue weighted by molar-refractivity contribution is -0.123. The van der Waals surface area contributed by atoms with Crippen molar-refractivity contribution in [2.45, 2.75) is 19.0 Å². The van der Waals surface area contributed by atoms with Gasteiger partial charge in [0.1, 0.15) is 12.3 Å². The number of nitrogens with one attached hydrogen (secondary N) is 1. The van der Waals surface area contributed by atoms with Gasteiger partial charge in [-0.3, -0.25) is 19.4 Å². The lowest BCUT2D eigenvalue weighted by Crippen LogP contribution is -2.43. The third kappa shape index (κ3) is 4.16. The summed E-state index contributed by atoms with van der Waals surface area (Å²) in [6.45, 7) is 2.12. The first-order valence-electron chi connectivity index (χ1n) is 10.3. The fraction of sp³-hybridized carbons (Fsp3) is 0.318. The Kier molecular flexibility index (Phi) is 6.11. The van der Waals surface area contributed by atoms with Gasteiger partial charge in [-0.2, -0.15) is 5.11 Å². The molecule has 2 aliphatic rings. The average molecular weight is 453 g/mol. The van der Waals surface area contributed by atoms with E-state index in [9.17, 15) is 14.4 Å². The molecule has 3 amide bonds. The van der Waals surface area contributed by atoms with E-state index in [1.54, 1.807) is 42.5 Å². The van der Waals surface area contributed by atoms with Crippen LogP contribution in [0.15, 0.2) is 52.8 Å². The van der Waals surface area contributed by atoms with E-state index in [0.717, 1.165) is 4.90 Å². The molecular weight excluding hydrogens is 430 g/mol. The Morgan fingerprint density at radius 1 is 1.03 bits per heavy atom. The number of hydrogen-bond donors (Lipinski definition) is 1. The molecular formula is C22H23N5O6. The Morgan fingerprint density at radius 2 is 1.76 bits per heavy atom. The molecule has 2 aromatic rings. The third-order valence-corrected chi connectivity index (χ3v) is 5.24. The normalized spacial score (nSPS) is 19.0. The maximum Gasteiger partial charge on any atom is 0.263 e. The van der Waals surface area contributed by atoms with Gasteiger partial charge in [-0.25, -0.2) is 4.90 Å². The lowest BCUT2D eigenvalue weighted by atomic mass is 10.1. The van der Waals surface area contributed by atoms with Crippen molar-refractivity contribution in [3.05, 3.63) is 42.5 Å². The quantitative estimate of drug-likeness (QED) is 0.607. The molecule has 2 aromatic carbocycles. The highest BCUT2D eigenvalue weighted by atomic mass is 16.5. The lowest BCUT2D eigenvalue weighted by Gasteiger charge is -2.20. The molecule has 0 unspecified atom stereocenters. The van der Waals surface area contributed by atoms with Crippen LogP contribution < -0.4 is 24.4 Å². The van der Waals surface area contributed by atoms with E-state index in [2.05, 4.69) is 15.7 Å². The van der Waals surface area contributed by atoms with Crippen LogP contribution in [0.2, 0.25) is 0 Å². The van der Waals surface area contributed by atoms with E-state index < -0.39 is 29.8 Å². The van der Waals surface area contributed by atoms with Crippen molar-refractivity contribution < 1.29 is 28.6 Å². The molecule has 0 saturated carbocycles. The zero-order valence-electron chi connectivity index (χ0n) is 18.3. The predicted octanol–water partition coefficient (Wildman–Crippen LogP) is 2.03. The summed E-state index contributed by atoms with van der Waals surface area (Å²) in [5.74, 6) is 0.212. The van der Waals surface area contributed by atoms with Crippen molar-refractivity contribution in [1.82, 2.24) is 5.01 Å². The van der Waals surface area contributed by atoms with E-state index in [-0.39, 0.29) is 6.54 Å². The predicted molar refractivity (Wildman–Crippen MR) is 117 cm³/mol. The number of benzene rings is 2. The molecule has 4 rings (SSSR count). The molecule has 172 valence electrons. The number of carbonyl (C=O) groups excluding carboxylic acids is 3. The van der Waals surface area contributed by atoms with Gasteiger partial charge in [0.2, 0.25) is 5.91 Å². The second kappa shape index (κ2) is 9.15. The molecule has 2 heterocycles. The highest BCUT2D eigenvalue weighted by Crippen LogP contribution is 2.33. The van der Waals surface area contributed by atoms with Crippen molar-refractivity contribution in [1.29, 1.82) is 0 Å². The number of anilines is 2. The van der Waals surface area contributed by atoms with Crippen molar-refractivity contribution in [2.24, 2.45) is 10.3 Å². The number of imide groups is 1. The SMILES string of the molecule is CCOc1ccc(N2C(=O)[C@H]3N=NN(CC(=O)Nc4ccc(OC)c(OC)c4)[C@H]3C2=O)cc1. The molecule has 11 heteroatoms. The van der Waals surface area contributed by atoms with Gasteiger partial charge in [-0.15, -0.1) is 0 Å². The molecule has 1 N–H and O–H groups in total. The Hall–Kier alpha value is -4.15. The number of hydrogen-bond acceptors (Lipinski definition) is 9. The van der Waals surface area contributed by atoms with E-state index >= 15 is 0 Å². The minimum Gasteiger partial charge on any atom is -0.494 e. The Bertz CT molecular complexity index is 1100. The summed E-state index contributed by atoms with van der Waals surface area (Å²) in [6, 6.07) is 9.60. The number of carbonyl (C=O) groups is 3. The van der Waals surface area contributed by atoms with Crippen molar-refractivity contribution in [2.75, 3.05) is 37.6 Å². The summed E-state index contributed by atoms with van der Waals surface area (Å²) >= 11 is 0. The maximum absolute atomic E-state index is 13.1. The van der Waals surface area contributed by atoms with Gasteiger partial charge in [-0.05, 0) is 43.3 Å². The highest BCUT2D eigenvalue weighted by molar-refractivity contribution is 6.25. The molecule has 33 heavy (non-hydrogen) atoms. The summed E-state index contributed by atoms with van der Waals surface area (Å²) in [6.07, 6.45) is 0. The molecule has 0 radical (unpaired) electrons. The Balaban J connectivity index is 1.45. The van der Waals surface area contributed by atoms with Gasteiger partial charge < -0.3 is 19.5 Å². The standard InChI is InChI=1S/C22H23N5O6/c1-4-33-15-8-6-14(7-9-15)27-21(29)19-20(22(27)30)26(25-24-19)12-18(28)23-13-5-10-16(31-2)17(11-13)32-3/h5-11,19-20H,4,12H2,1-3H3,(H,23,28)/t19-,20+/m0/s1. The van der Waals surface area contributed by atoms with E-state index in [4.69, 9.17) is 14.2 Å². The van der Waals surface area contributed by atoms with Crippen molar-refractivity contribution in [3.63, 3.8) is 0 Å². The molecule has 0 spiro atoms. The van der Waals surface area contributed by atoms with Crippen LogP contribution >= 0.6 is 0 Å². The van der Waals surface area contributed by atoms with Crippen LogP contribution in [-0.4, -0.2) is 62.2 Å². The first-order valence-corrected chi connectivity index (χ1v) is 10.3. The number of amides is 3. The number of fused-ring (bicyclic) bond motifs is 1.